The van der Waals surface area contributed by atoms with Gasteiger partial charge in [-0.3, -0.25) is 14.9 Å². The Kier molecular flexibility index (Phi) is 4.28. The Balaban J connectivity index is 2.00. The summed E-state index contributed by atoms with van der Waals surface area (Å²) in [7, 11) is 1.33. The average molecular weight is 296 g/mol. The summed E-state index contributed by atoms with van der Waals surface area (Å²) < 4.78 is 4.56. The summed E-state index contributed by atoms with van der Waals surface area (Å²) in [6, 6.07) is 3.67. The van der Waals surface area contributed by atoms with E-state index in [1.807, 2.05) is 13.0 Å². The van der Waals surface area contributed by atoms with Crippen molar-refractivity contribution < 1.29 is 14.3 Å². The maximum atomic E-state index is 11.9. The smallest absolute Gasteiger partial charge is 0.311 e. The third kappa shape index (κ3) is 3.62. The van der Waals surface area contributed by atoms with Crippen LogP contribution >= 0.6 is 22.7 Å². The summed E-state index contributed by atoms with van der Waals surface area (Å²) in [6.07, 6.45) is 0.112. The molecule has 0 atom stereocenters. The molecule has 0 unspecified atom stereocenters. The molecule has 0 radical (unpaired) electrons. The summed E-state index contributed by atoms with van der Waals surface area (Å²) in [5.74, 6) is -0.533. The predicted molar refractivity (Wildman–Crippen MR) is 74.8 cm³/mol. The van der Waals surface area contributed by atoms with Gasteiger partial charge in [0, 0.05) is 10.3 Å². The van der Waals surface area contributed by atoms with E-state index in [2.05, 4.69) is 15.0 Å². The largest absolute Gasteiger partial charge is 0.469 e. The van der Waals surface area contributed by atoms with Crippen LogP contribution in [0.15, 0.2) is 17.5 Å². The molecule has 2 aromatic heterocycles. The molecule has 0 aliphatic rings. The normalized spacial score (nSPS) is 10.2. The molecule has 1 N–H and O–H groups in total. The molecular formula is C12H12N2O3S2. The second kappa shape index (κ2) is 5.94. The van der Waals surface area contributed by atoms with Gasteiger partial charge in [0.1, 0.15) is 0 Å². The molecule has 100 valence electrons. The fourth-order valence-corrected chi connectivity index (χ4v) is 2.85. The number of amides is 1. The summed E-state index contributed by atoms with van der Waals surface area (Å²) in [6.45, 7) is 1.94. The zero-order chi connectivity index (χ0) is 13.8. The number of methoxy groups -OCH3 is 1. The Labute approximate surface area is 118 Å². The van der Waals surface area contributed by atoms with Gasteiger partial charge in [-0.25, -0.2) is 4.98 Å². The number of esters is 1. The first kappa shape index (κ1) is 13.7. The maximum absolute atomic E-state index is 11.9. The molecule has 2 heterocycles. The molecule has 0 spiro atoms. The van der Waals surface area contributed by atoms with E-state index >= 15 is 0 Å². The van der Waals surface area contributed by atoms with Crippen molar-refractivity contribution in [3.05, 3.63) is 33.0 Å². The molecule has 1 amide bonds. The Morgan fingerprint density at radius 2 is 2.21 bits per heavy atom. The van der Waals surface area contributed by atoms with E-state index in [4.69, 9.17) is 0 Å². The van der Waals surface area contributed by atoms with Crippen LogP contribution < -0.4 is 5.32 Å². The van der Waals surface area contributed by atoms with Crippen LogP contribution in [0.25, 0.3) is 0 Å². The van der Waals surface area contributed by atoms with E-state index in [9.17, 15) is 9.59 Å². The van der Waals surface area contributed by atoms with Crippen molar-refractivity contribution in [1.82, 2.24) is 4.98 Å². The Morgan fingerprint density at radius 1 is 1.42 bits per heavy atom. The fourth-order valence-electron chi connectivity index (χ4n) is 1.38. The highest BCUT2D eigenvalue weighted by Gasteiger charge is 2.12. The van der Waals surface area contributed by atoms with Gasteiger partial charge >= 0.3 is 5.97 Å². The maximum Gasteiger partial charge on any atom is 0.311 e. The number of thiazole rings is 1. The first-order valence-corrected chi connectivity index (χ1v) is 7.17. The van der Waals surface area contributed by atoms with Gasteiger partial charge in [-0.15, -0.1) is 22.7 Å². The number of aryl methyl sites for hydroxylation is 1. The Bertz CT molecular complexity index is 604. The molecule has 0 aliphatic heterocycles. The number of rotatable bonds is 4. The molecule has 0 aliphatic carbocycles. The van der Waals surface area contributed by atoms with E-state index in [1.54, 1.807) is 11.4 Å². The van der Waals surface area contributed by atoms with E-state index in [0.29, 0.717) is 15.7 Å². The number of thiophene rings is 1. The third-order valence-electron chi connectivity index (χ3n) is 2.29. The lowest BCUT2D eigenvalue weighted by molar-refractivity contribution is -0.139. The Hall–Kier alpha value is -1.73. The van der Waals surface area contributed by atoms with Crippen LogP contribution in [0.1, 0.15) is 20.2 Å². The molecule has 7 heteroatoms. The van der Waals surface area contributed by atoms with Crippen molar-refractivity contribution in [1.29, 1.82) is 0 Å². The summed E-state index contributed by atoms with van der Waals surface area (Å²) in [4.78, 5) is 28.9. The summed E-state index contributed by atoms with van der Waals surface area (Å²) in [5, 5.41) is 4.92. The first-order valence-electron chi connectivity index (χ1n) is 5.47. The molecule has 5 nitrogen and oxygen atoms in total. The van der Waals surface area contributed by atoms with Gasteiger partial charge in [0.15, 0.2) is 5.13 Å². The van der Waals surface area contributed by atoms with Gasteiger partial charge in [-0.1, -0.05) is 0 Å². The number of ether oxygens (including phenoxy) is 1. The average Bonchev–Trinajstić information content (AvgIpc) is 2.98. The molecule has 2 aromatic rings. The number of carbonyl (C=O) groups excluding carboxylic acids is 2. The van der Waals surface area contributed by atoms with Crippen LogP contribution in [0, 0.1) is 6.92 Å². The van der Waals surface area contributed by atoms with Crippen molar-refractivity contribution in [3.8, 4) is 0 Å². The molecule has 0 fully saturated rings. The number of nitrogens with zero attached hydrogens (tertiary/aromatic N) is 1. The van der Waals surface area contributed by atoms with Crippen LogP contribution in [-0.2, 0) is 16.0 Å². The number of hydrogen-bond acceptors (Lipinski definition) is 6. The molecule has 19 heavy (non-hydrogen) atoms. The molecule has 0 bridgehead atoms. The van der Waals surface area contributed by atoms with E-state index < -0.39 is 0 Å². The van der Waals surface area contributed by atoms with Crippen molar-refractivity contribution >= 4 is 39.7 Å². The highest BCUT2D eigenvalue weighted by Crippen LogP contribution is 2.20. The van der Waals surface area contributed by atoms with E-state index in [1.165, 1.54) is 29.8 Å². The summed E-state index contributed by atoms with van der Waals surface area (Å²) >= 11 is 2.71. The molecule has 0 saturated carbocycles. The second-order valence-electron chi connectivity index (χ2n) is 3.76. The molecule has 0 aromatic carbocycles. The Morgan fingerprint density at radius 3 is 2.84 bits per heavy atom. The molecule has 2 rings (SSSR count). The quantitative estimate of drug-likeness (QED) is 0.880. The SMILES string of the molecule is COC(=O)Cc1csc(NC(=O)c2ccc(C)s2)n1. The lowest BCUT2D eigenvalue weighted by atomic mass is 10.3. The van der Waals surface area contributed by atoms with Crippen LogP contribution in [0.5, 0.6) is 0 Å². The highest BCUT2D eigenvalue weighted by atomic mass is 32.1. The number of anilines is 1. The molecule has 0 saturated heterocycles. The van der Waals surface area contributed by atoms with Gasteiger partial charge in [0.2, 0.25) is 0 Å². The van der Waals surface area contributed by atoms with Crippen molar-refractivity contribution in [2.45, 2.75) is 13.3 Å². The minimum Gasteiger partial charge on any atom is -0.469 e. The minimum atomic E-state index is -0.350. The number of hydrogen-bond donors (Lipinski definition) is 1. The predicted octanol–water partition coefficient (Wildman–Crippen LogP) is 2.48. The van der Waals surface area contributed by atoms with Crippen LogP contribution in [0.2, 0.25) is 0 Å². The number of aromatic nitrogens is 1. The van der Waals surface area contributed by atoms with E-state index in [-0.39, 0.29) is 18.3 Å². The number of carbonyl (C=O) groups is 2. The summed E-state index contributed by atoms with van der Waals surface area (Å²) in [5.41, 5.74) is 0.592. The molecular weight excluding hydrogens is 284 g/mol. The first-order chi connectivity index (χ1) is 9.08. The highest BCUT2D eigenvalue weighted by molar-refractivity contribution is 7.15. The van der Waals surface area contributed by atoms with Crippen molar-refractivity contribution in [2.24, 2.45) is 0 Å². The zero-order valence-electron chi connectivity index (χ0n) is 10.4. The third-order valence-corrected chi connectivity index (χ3v) is 4.10. The second-order valence-corrected chi connectivity index (χ2v) is 5.91. The lowest BCUT2D eigenvalue weighted by Gasteiger charge is -1.98. The topological polar surface area (TPSA) is 68.3 Å². The lowest BCUT2D eigenvalue weighted by Crippen LogP contribution is -2.10. The number of nitrogens with one attached hydrogen (secondary N) is 1. The van der Waals surface area contributed by atoms with Gasteiger partial charge < -0.3 is 4.74 Å². The van der Waals surface area contributed by atoms with Crippen LogP contribution in [0.4, 0.5) is 5.13 Å². The minimum absolute atomic E-state index is 0.112. The standard InChI is InChI=1S/C12H12N2O3S2/c1-7-3-4-9(19-7)11(16)14-12-13-8(6-18-12)5-10(15)17-2/h3-4,6H,5H2,1-2H3,(H,13,14,16). The van der Waals surface area contributed by atoms with Crippen molar-refractivity contribution in [3.63, 3.8) is 0 Å². The van der Waals surface area contributed by atoms with Crippen molar-refractivity contribution in [2.75, 3.05) is 12.4 Å². The fraction of sp³-hybridized carbons (Fsp3) is 0.250. The van der Waals surface area contributed by atoms with Gasteiger partial charge in [0.25, 0.3) is 5.91 Å². The van der Waals surface area contributed by atoms with E-state index in [0.717, 1.165) is 4.88 Å². The monoisotopic (exact) mass is 296 g/mol. The zero-order valence-corrected chi connectivity index (χ0v) is 12.1. The van der Waals surface area contributed by atoms with Crippen LogP contribution in [0.3, 0.4) is 0 Å². The van der Waals surface area contributed by atoms with Crippen LogP contribution in [-0.4, -0.2) is 24.0 Å². The van der Waals surface area contributed by atoms with Gasteiger partial charge in [-0.2, -0.15) is 0 Å². The van der Waals surface area contributed by atoms with Gasteiger partial charge in [0.05, 0.1) is 24.1 Å². The van der Waals surface area contributed by atoms with Gasteiger partial charge in [-0.05, 0) is 19.1 Å².